The molecule has 1 aromatic carbocycles. The zero-order chi connectivity index (χ0) is 18.4. The number of nitrogens with two attached hydrogens (primary N) is 1. The molecule has 0 aliphatic heterocycles. The third kappa shape index (κ3) is 2.55. The van der Waals surface area contributed by atoms with Gasteiger partial charge in [-0.3, -0.25) is 0 Å². The van der Waals surface area contributed by atoms with Gasteiger partial charge in [-0.05, 0) is 55.7 Å². The molecule has 0 fully saturated rings. The van der Waals surface area contributed by atoms with Gasteiger partial charge in [-0.2, -0.15) is 0 Å². The van der Waals surface area contributed by atoms with Crippen LogP contribution in [0.3, 0.4) is 0 Å². The van der Waals surface area contributed by atoms with Crippen LogP contribution in [0, 0.1) is 19.7 Å². The lowest BCUT2D eigenvalue weighted by Gasteiger charge is -2.07. The van der Waals surface area contributed by atoms with Crippen LogP contribution in [0.1, 0.15) is 23.7 Å². The Balaban J connectivity index is 1.84. The Labute approximate surface area is 153 Å². The lowest BCUT2D eigenvalue weighted by molar-refractivity contribution is 0.585. The first-order valence-corrected chi connectivity index (χ1v) is 9.09. The van der Waals surface area contributed by atoms with Crippen molar-refractivity contribution in [3.63, 3.8) is 0 Å². The number of nitrogen functional groups attached to an aromatic ring is 1. The van der Waals surface area contributed by atoms with Crippen molar-refractivity contribution in [1.29, 1.82) is 0 Å². The Hall–Kier alpha value is -2.80. The van der Waals surface area contributed by atoms with Gasteiger partial charge in [0.2, 0.25) is 5.89 Å². The highest BCUT2D eigenvalue weighted by Crippen LogP contribution is 2.42. The Morgan fingerprint density at radius 3 is 2.46 bits per heavy atom. The van der Waals surface area contributed by atoms with Crippen LogP contribution in [0.25, 0.3) is 32.4 Å². The second kappa shape index (κ2) is 6.17. The fourth-order valence-electron chi connectivity index (χ4n) is 3.01. The average Bonchev–Trinajstić information content (AvgIpc) is 3.23. The highest BCUT2D eigenvalue weighted by Gasteiger charge is 2.21. The van der Waals surface area contributed by atoms with Gasteiger partial charge in [-0.25, -0.2) is 9.37 Å². The molecule has 5 nitrogen and oxygen atoms in total. The van der Waals surface area contributed by atoms with E-state index in [1.165, 1.54) is 23.5 Å². The number of aryl methyl sites for hydroxylation is 2. The number of hydrogen-bond donors (Lipinski definition) is 1. The van der Waals surface area contributed by atoms with Crippen LogP contribution >= 0.6 is 11.3 Å². The minimum Gasteiger partial charge on any atom is -0.415 e. The largest absolute Gasteiger partial charge is 0.415 e. The number of rotatable bonds is 3. The molecule has 0 saturated carbocycles. The van der Waals surface area contributed by atoms with Crippen LogP contribution in [-0.4, -0.2) is 15.2 Å². The Morgan fingerprint density at radius 1 is 1.08 bits per heavy atom. The molecule has 0 aliphatic carbocycles. The van der Waals surface area contributed by atoms with Crippen molar-refractivity contribution in [3.05, 3.63) is 46.9 Å². The Kier molecular flexibility index (Phi) is 3.96. The molecule has 0 aliphatic rings. The average molecular weight is 368 g/mol. The van der Waals surface area contributed by atoms with Crippen LogP contribution in [0.2, 0.25) is 0 Å². The summed E-state index contributed by atoms with van der Waals surface area (Å²) in [4.78, 5) is 6.33. The van der Waals surface area contributed by atoms with Crippen LogP contribution in [0.15, 0.2) is 28.7 Å². The third-order valence-electron chi connectivity index (χ3n) is 4.58. The second-order valence-corrected chi connectivity index (χ2v) is 7.11. The van der Waals surface area contributed by atoms with Gasteiger partial charge in [-0.15, -0.1) is 21.5 Å². The molecule has 132 valence electrons. The van der Waals surface area contributed by atoms with E-state index in [0.717, 1.165) is 33.5 Å². The molecule has 4 aromatic rings. The molecule has 7 heteroatoms. The monoisotopic (exact) mass is 368 g/mol. The summed E-state index contributed by atoms with van der Waals surface area (Å²) < 4.78 is 18.9. The number of aromatic nitrogens is 3. The summed E-state index contributed by atoms with van der Waals surface area (Å²) in [6.07, 6.45) is 0.866. The van der Waals surface area contributed by atoms with E-state index >= 15 is 0 Å². The SMILES string of the molecule is CCc1nc2sc(-c3nnc(-c4ccc(F)cc4)o3)c(N)c2c(C)c1C. The summed E-state index contributed by atoms with van der Waals surface area (Å²) in [7, 11) is 0. The molecule has 0 atom stereocenters. The molecule has 3 heterocycles. The normalized spacial score (nSPS) is 11.4. The van der Waals surface area contributed by atoms with Gasteiger partial charge in [0.05, 0.1) is 5.69 Å². The summed E-state index contributed by atoms with van der Waals surface area (Å²) in [6, 6.07) is 5.91. The maximum Gasteiger partial charge on any atom is 0.260 e. The van der Waals surface area contributed by atoms with Crippen LogP contribution in [-0.2, 0) is 6.42 Å². The molecule has 0 spiro atoms. The number of thiophene rings is 1. The van der Waals surface area contributed by atoms with Gasteiger partial charge in [0, 0.05) is 16.6 Å². The number of pyridine rings is 1. The smallest absolute Gasteiger partial charge is 0.260 e. The van der Waals surface area contributed by atoms with Gasteiger partial charge in [-0.1, -0.05) is 6.92 Å². The van der Waals surface area contributed by atoms with Gasteiger partial charge in [0.15, 0.2) is 0 Å². The first kappa shape index (κ1) is 16.7. The molecule has 0 unspecified atom stereocenters. The molecule has 0 radical (unpaired) electrons. The van der Waals surface area contributed by atoms with E-state index in [-0.39, 0.29) is 5.82 Å². The first-order valence-electron chi connectivity index (χ1n) is 8.27. The highest BCUT2D eigenvalue weighted by molar-refractivity contribution is 7.22. The van der Waals surface area contributed by atoms with Crippen LogP contribution in [0.5, 0.6) is 0 Å². The minimum absolute atomic E-state index is 0.314. The number of benzene rings is 1. The van der Waals surface area contributed by atoms with E-state index in [2.05, 4.69) is 31.0 Å². The molecular weight excluding hydrogens is 351 g/mol. The van der Waals surface area contributed by atoms with Crippen molar-refractivity contribution in [1.82, 2.24) is 15.2 Å². The second-order valence-electron chi connectivity index (χ2n) is 6.11. The van der Waals surface area contributed by atoms with E-state index in [4.69, 9.17) is 15.1 Å². The third-order valence-corrected chi connectivity index (χ3v) is 5.67. The lowest BCUT2D eigenvalue weighted by Crippen LogP contribution is -1.96. The maximum absolute atomic E-state index is 13.1. The molecule has 2 N–H and O–H groups in total. The molecule has 0 bridgehead atoms. The summed E-state index contributed by atoms with van der Waals surface area (Å²) in [5.74, 6) is 0.359. The van der Waals surface area contributed by atoms with E-state index in [1.54, 1.807) is 12.1 Å². The lowest BCUT2D eigenvalue weighted by atomic mass is 10.0. The molecule has 0 amide bonds. The van der Waals surface area contributed by atoms with E-state index in [0.29, 0.717) is 27.9 Å². The summed E-state index contributed by atoms with van der Waals surface area (Å²) in [5.41, 5.74) is 11.0. The van der Waals surface area contributed by atoms with Crippen molar-refractivity contribution in [2.75, 3.05) is 5.73 Å². The zero-order valence-corrected chi connectivity index (χ0v) is 15.4. The predicted molar refractivity (Wildman–Crippen MR) is 102 cm³/mol. The molecule has 0 saturated heterocycles. The topological polar surface area (TPSA) is 77.8 Å². The maximum atomic E-state index is 13.1. The summed E-state index contributed by atoms with van der Waals surface area (Å²) >= 11 is 1.45. The van der Waals surface area contributed by atoms with E-state index in [1.807, 2.05) is 0 Å². The first-order chi connectivity index (χ1) is 12.5. The highest BCUT2D eigenvalue weighted by atomic mass is 32.1. The fraction of sp³-hybridized carbons (Fsp3) is 0.211. The van der Waals surface area contributed by atoms with Crippen molar-refractivity contribution in [2.45, 2.75) is 27.2 Å². The Bertz CT molecular complexity index is 1110. The van der Waals surface area contributed by atoms with Crippen LogP contribution < -0.4 is 5.73 Å². The minimum atomic E-state index is -0.314. The number of fused-ring (bicyclic) bond motifs is 1. The van der Waals surface area contributed by atoms with Crippen LogP contribution in [0.4, 0.5) is 10.1 Å². The van der Waals surface area contributed by atoms with Gasteiger partial charge in [0.1, 0.15) is 15.5 Å². The number of nitrogens with zero attached hydrogens (tertiary/aromatic N) is 3. The van der Waals surface area contributed by atoms with E-state index < -0.39 is 0 Å². The number of anilines is 1. The van der Waals surface area contributed by atoms with E-state index in [9.17, 15) is 4.39 Å². The van der Waals surface area contributed by atoms with Gasteiger partial charge >= 0.3 is 0 Å². The summed E-state index contributed by atoms with van der Waals surface area (Å²) in [5, 5.41) is 9.14. The van der Waals surface area contributed by atoms with Gasteiger partial charge in [0.25, 0.3) is 5.89 Å². The molecule has 4 rings (SSSR count). The Morgan fingerprint density at radius 2 is 1.77 bits per heavy atom. The number of hydrogen-bond acceptors (Lipinski definition) is 6. The van der Waals surface area contributed by atoms with Crippen molar-refractivity contribution >= 4 is 27.2 Å². The quantitative estimate of drug-likeness (QED) is 0.556. The predicted octanol–water partition coefficient (Wildman–Crippen LogP) is 4.91. The molecule has 26 heavy (non-hydrogen) atoms. The van der Waals surface area contributed by atoms with Gasteiger partial charge < -0.3 is 10.2 Å². The zero-order valence-electron chi connectivity index (χ0n) is 14.6. The standard InChI is InChI=1S/C19H17FN4OS/c1-4-13-9(2)10(3)14-15(21)16(26-19(14)22-13)18-24-23-17(25-18)11-5-7-12(20)8-6-11/h5-8H,4,21H2,1-3H3. The van der Waals surface area contributed by atoms with Crippen molar-refractivity contribution in [2.24, 2.45) is 0 Å². The van der Waals surface area contributed by atoms with Crippen molar-refractivity contribution in [3.8, 4) is 22.2 Å². The van der Waals surface area contributed by atoms with Crippen molar-refractivity contribution < 1.29 is 8.81 Å². The fourth-order valence-corrected chi connectivity index (χ4v) is 4.11. The number of halogens is 1. The molecular formula is C19H17FN4OS. The summed E-state index contributed by atoms with van der Waals surface area (Å²) in [6.45, 7) is 6.21. The molecule has 3 aromatic heterocycles.